The fraction of sp³-hybridized carbons (Fsp3) is 1.00. The minimum Gasteiger partial charge on any atom is -0.405 e. The topological polar surface area (TPSA) is 5.90 Å². The van der Waals surface area contributed by atoms with Crippen molar-refractivity contribution in [2.24, 2.45) is 0 Å². The van der Waals surface area contributed by atoms with E-state index < -0.39 is 16.5 Å². The molecule has 0 aromatic rings. The zero-order valence-electron chi connectivity index (χ0n) is 8.02. The summed E-state index contributed by atoms with van der Waals surface area (Å²) in [5.74, 6) is 0. The second-order valence-corrected chi connectivity index (χ2v) is 14.8. The summed E-state index contributed by atoms with van der Waals surface area (Å²) in [6.45, 7) is 13.7. The third-order valence-electron chi connectivity index (χ3n) is 1.45. The highest BCUT2D eigenvalue weighted by molar-refractivity contribution is 6.96. The second-order valence-electron chi connectivity index (χ2n) is 4.71. The summed E-state index contributed by atoms with van der Waals surface area (Å²) in [5.41, 5.74) is 0. The lowest BCUT2D eigenvalue weighted by Crippen LogP contribution is -2.62. The molecule has 0 aliphatic rings. The van der Waals surface area contributed by atoms with Crippen LogP contribution in [0.25, 0.3) is 0 Å². The quantitative estimate of drug-likeness (QED) is 0.559. The highest BCUT2D eigenvalue weighted by Gasteiger charge is 2.40. The summed E-state index contributed by atoms with van der Waals surface area (Å²) >= 11 is 0. The Balaban J connectivity index is 4.23. The predicted molar refractivity (Wildman–Crippen MR) is 54.6 cm³/mol. The predicted octanol–water partition coefficient (Wildman–Crippen LogP) is 1.88. The lowest BCUT2D eigenvalue weighted by Gasteiger charge is -2.31. The smallest absolute Gasteiger partial charge is 0.405 e. The number of hydrogen-bond donors (Lipinski definition) is 0. The third-order valence-corrected chi connectivity index (χ3v) is 8.36. The summed E-state index contributed by atoms with van der Waals surface area (Å²) in [4.78, 5) is 0. The van der Waals surface area contributed by atoms with Crippen molar-refractivity contribution >= 4 is 24.5 Å². The van der Waals surface area contributed by atoms with Crippen LogP contribution in [-0.2, 0) is 0 Å². The van der Waals surface area contributed by atoms with Gasteiger partial charge in [-0.1, -0.05) is 0 Å². The molecule has 0 bridgehead atoms. The average molecular weight is 171 g/mol. The van der Waals surface area contributed by atoms with Crippen LogP contribution in [0.4, 0.5) is 0 Å². The monoisotopic (exact) mass is 171 g/mol. The summed E-state index contributed by atoms with van der Waals surface area (Å²) in [6.07, 6.45) is 0. The molecule has 0 amide bonds. The first-order valence-electron chi connectivity index (χ1n) is 3.71. The van der Waals surface area contributed by atoms with E-state index in [0.717, 1.165) is 0 Å². The minimum absolute atomic E-state index is 1.22. The normalized spacial score (nSPS) is 14.3. The van der Waals surface area contributed by atoms with E-state index in [4.69, 9.17) is 7.98 Å². The molecule has 1 nitrogen and oxygen atoms in total. The van der Waals surface area contributed by atoms with Gasteiger partial charge in [0.15, 0.2) is 0 Å². The van der Waals surface area contributed by atoms with Crippen LogP contribution in [0.15, 0.2) is 0 Å². The average Bonchev–Trinajstić information content (AvgIpc) is 1.59. The molecule has 0 aromatic heterocycles. The lowest BCUT2D eigenvalue weighted by atomic mass is 10.5. The summed E-state index contributed by atoms with van der Waals surface area (Å²) in [6, 6.07) is 0. The van der Waals surface area contributed by atoms with Gasteiger partial charge in [0.2, 0.25) is 0 Å². The molecule has 0 aromatic carbocycles. The van der Waals surface area contributed by atoms with E-state index in [2.05, 4.69) is 43.4 Å². The first-order valence-corrected chi connectivity index (χ1v) is 10.6. The zero-order valence-corrected chi connectivity index (χ0v) is 10.0. The van der Waals surface area contributed by atoms with Gasteiger partial charge in [-0.25, -0.2) is 0 Å². The molecule has 10 heavy (non-hydrogen) atoms. The van der Waals surface area contributed by atoms with Crippen LogP contribution in [0.1, 0.15) is 0 Å². The zero-order chi connectivity index (χ0) is 8.58. The molecule has 0 rings (SSSR count). The van der Waals surface area contributed by atoms with Crippen molar-refractivity contribution in [3.63, 3.8) is 0 Å². The molecule has 0 atom stereocenters. The van der Waals surface area contributed by atoms with E-state index >= 15 is 0 Å². The molecule has 0 spiro atoms. The van der Waals surface area contributed by atoms with Crippen LogP contribution < -0.4 is 4.14 Å². The molecular formula is C6H18BNSi2+. The SMILES string of the molecule is [B][N+]([Si](C)(C)C)[Si](C)(C)C. The van der Waals surface area contributed by atoms with Gasteiger partial charge in [0.05, 0.1) is 0 Å². The van der Waals surface area contributed by atoms with Crippen LogP contribution in [0.3, 0.4) is 0 Å². The van der Waals surface area contributed by atoms with E-state index in [0.29, 0.717) is 0 Å². The molecule has 4 heteroatoms. The Morgan fingerprint density at radius 2 is 1.00 bits per heavy atom. The fourth-order valence-corrected chi connectivity index (χ4v) is 9.06. The van der Waals surface area contributed by atoms with Crippen molar-refractivity contribution in [1.82, 2.24) is 4.14 Å². The van der Waals surface area contributed by atoms with Gasteiger partial charge in [-0.3, -0.25) is 0 Å². The fourth-order valence-electron chi connectivity index (χ4n) is 1.01. The van der Waals surface area contributed by atoms with E-state index in [-0.39, 0.29) is 0 Å². The molecule has 0 fully saturated rings. The Labute approximate surface area is 68.4 Å². The first kappa shape index (κ1) is 10.5. The highest BCUT2D eigenvalue weighted by atomic mass is 28.4. The molecule has 0 saturated heterocycles. The Kier molecular flexibility index (Phi) is 2.96. The molecule has 3 radical (unpaired) electrons. The van der Waals surface area contributed by atoms with Gasteiger partial charge in [-0.15, -0.1) is 0 Å². The molecule has 0 N–H and O–H groups in total. The van der Waals surface area contributed by atoms with Crippen molar-refractivity contribution in [2.75, 3.05) is 0 Å². The maximum absolute atomic E-state index is 5.98. The molecular weight excluding hydrogens is 153 g/mol. The number of rotatable bonds is 2. The van der Waals surface area contributed by atoms with E-state index in [1.54, 1.807) is 0 Å². The van der Waals surface area contributed by atoms with Gasteiger partial charge in [0, 0.05) is 0 Å². The largest absolute Gasteiger partial charge is 0.489 e. The van der Waals surface area contributed by atoms with E-state index in [1.165, 1.54) is 0 Å². The van der Waals surface area contributed by atoms with Crippen LogP contribution >= 0.6 is 0 Å². The van der Waals surface area contributed by atoms with Crippen molar-refractivity contribution < 1.29 is 0 Å². The van der Waals surface area contributed by atoms with Gasteiger partial charge in [0.25, 0.3) is 16.5 Å². The van der Waals surface area contributed by atoms with Gasteiger partial charge < -0.3 is 4.14 Å². The lowest BCUT2D eigenvalue weighted by molar-refractivity contribution is 1.16. The van der Waals surface area contributed by atoms with Crippen molar-refractivity contribution in [2.45, 2.75) is 39.3 Å². The molecule has 0 aliphatic heterocycles. The van der Waals surface area contributed by atoms with Crippen molar-refractivity contribution in [3.8, 4) is 0 Å². The maximum Gasteiger partial charge on any atom is 0.489 e. The van der Waals surface area contributed by atoms with Crippen LogP contribution in [0.2, 0.25) is 39.3 Å². The third kappa shape index (κ3) is 3.03. The van der Waals surface area contributed by atoms with Crippen LogP contribution in [0, 0.1) is 0 Å². The van der Waals surface area contributed by atoms with E-state index in [9.17, 15) is 0 Å². The van der Waals surface area contributed by atoms with Gasteiger partial charge in [-0.2, -0.15) is 0 Å². The van der Waals surface area contributed by atoms with Crippen molar-refractivity contribution in [3.05, 3.63) is 0 Å². The number of nitrogens with zero attached hydrogens (tertiary/aromatic N) is 1. The van der Waals surface area contributed by atoms with Crippen molar-refractivity contribution in [1.29, 1.82) is 0 Å². The standard InChI is InChI=1S/C6H18BNSi2/c1-9(2,3)8(7)10(4,5)6/h1-6H3/q+1. The Hall–Kier alpha value is 0.459. The molecule has 0 aliphatic carbocycles. The van der Waals surface area contributed by atoms with Crippen LogP contribution in [0.5, 0.6) is 0 Å². The summed E-state index contributed by atoms with van der Waals surface area (Å²) < 4.78 is 2.15. The molecule has 0 unspecified atom stereocenters. The number of hydrogen-bond acceptors (Lipinski definition) is 1. The van der Waals surface area contributed by atoms with Crippen LogP contribution in [-0.4, -0.2) is 24.5 Å². The molecule has 57 valence electrons. The maximum atomic E-state index is 5.98. The van der Waals surface area contributed by atoms with E-state index in [1.807, 2.05) is 0 Å². The molecule has 0 heterocycles. The molecule has 0 saturated carbocycles. The Morgan fingerprint density at radius 3 is 1.00 bits per heavy atom. The second kappa shape index (κ2) is 2.83. The summed E-state index contributed by atoms with van der Waals surface area (Å²) in [5, 5.41) is 0. The Morgan fingerprint density at radius 1 is 0.800 bits per heavy atom. The van der Waals surface area contributed by atoms with Gasteiger partial charge in [0.1, 0.15) is 0 Å². The Bertz CT molecular complexity index is 99.9. The van der Waals surface area contributed by atoms with Gasteiger partial charge >= 0.3 is 7.98 Å². The summed E-state index contributed by atoms with van der Waals surface area (Å²) in [7, 11) is 3.54. The minimum atomic E-state index is -1.22. The highest BCUT2D eigenvalue weighted by Crippen LogP contribution is 2.12. The van der Waals surface area contributed by atoms with Gasteiger partial charge in [-0.05, 0) is 39.3 Å². The first-order chi connectivity index (χ1) is 4.15.